The Hall–Kier alpha value is -1.36. The van der Waals surface area contributed by atoms with Gasteiger partial charge in [0.05, 0.1) is 11.0 Å². The van der Waals surface area contributed by atoms with Gasteiger partial charge in [0.15, 0.2) is 9.84 Å². The molecule has 0 radical (unpaired) electrons. The maximum absolute atomic E-state index is 11.4. The summed E-state index contributed by atoms with van der Waals surface area (Å²) in [5, 5.41) is 0. The van der Waals surface area contributed by atoms with E-state index in [-0.39, 0.29) is 11.5 Å². The monoisotopic (exact) mass is 224 g/mol. The van der Waals surface area contributed by atoms with E-state index in [1.807, 2.05) is 24.3 Å². The molecule has 0 atom stereocenters. The molecule has 0 saturated heterocycles. The van der Waals surface area contributed by atoms with Crippen molar-refractivity contribution in [2.24, 2.45) is 0 Å². The number of benzene rings is 1. The number of sulfone groups is 1. The molecule has 0 unspecified atom stereocenters. The van der Waals surface area contributed by atoms with Gasteiger partial charge in [-0.2, -0.15) is 0 Å². The zero-order chi connectivity index (χ0) is 10.9. The normalized spacial score (nSPS) is 12.1. The van der Waals surface area contributed by atoms with E-state index in [1.165, 1.54) is 0 Å². The Morgan fingerprint density at radius 3 is 2.73 bits per heavy atom. The van der Waals surface area contributed by atoms with E-state index in [0.717, 1.165) is 11.0 Å². The lowest BCUT2D eigenvalue weighted by atomic mass is 10.3. The number of para-hydroxylation sites is 2. The van der Waals surface area contributed by atoms with Crippen LogP contribution in [0.15, 0.2) is 24.3 Å². The first-order chi connectivity index (χ1) is 7.11. The lowest BCUT2D eigenvalue weighted by Gasteiger charge is -1.95. The lowest BCUT2D eigenvalue weighted by molar-refractivity contribution is 0.595. The van der Waals surface area contributed by atoms with E-state index >= 15 is 0 Å². The van der Waals surface area contributed by atoms with Crippen molar-refractivity contribution in [3.05, 3.63) is 30.1 Å². The molecule has 80 valence electrons. The molecule has 1 aromatic heterocycles. The van der Waals surface area contributed by atoms with Gasteiger partial charge in [0, 0.05) is 5.75 Å². The molecular weight excluding hydrogens is 212 g/mol. The Morgan fingerprint density at radius 2 is 2.07 bits per heavy atom. The van der Waals surface area contributed by atoms with E-state index in [2.05, 4.69) is 9.97 Å². The van der Waals surface area contributed by atoms with Crippen LogP contribution in [0.4, 0.5) is 0 Å². The molecule has 1 heterocycles. The smallest absolute Gasteiger partial charge is 0.157 e. The second kappa shape index (κ2) is 3.66. The Morgan fingerprint density at radius 1 is 1.33 bits per heavy atom. The summed E-state index contributed by atoms with van der Waals surface area (Å²) in [5.41, 5.74) is 1.68. The highest BCUT2D eigenvalue weighted by Crippen LogP contribution is 2.12. The number of aromatic amines is 1. The summed E-state index contributed by atoms with van der Waals surface area (Å²) in [6.07, 6.45) is 0. The maximum Gasteiger partial charge on any atom is 0.157 e. The Labute approximate surface area is 88.3 Å². The van der Waals surface area contributed by atoms with Gasteiger partial charge in [0.25, 0.3) is 0 Å². The number of nitrogens with one attached hydrogen (secondary N) is 1. The summed E-state index contributed by atoms with van der Waals surface area (Å²) in [4.78, 5) is 7.21. The van der Waals surface area contributed by atoms with Gasteiger partial charge in [0.1, 0.15) is 11.6 Å². The first kappa shape index (κ1) is 10.2. The number of imidazole rings is 1. The van der Waals surface area contributed by atoms with Crippen LogP contribution in [0.1, 0.15) is 12.7 Å². The Balaban J connectivity index is 2.38. The van der Waals surface area contributed by atoms with Gasteiger partial charge in [-0.3, -0.25) is 0 Å². The largest absolute Gasteiger partial charge is 0.341 e. The second-order valence-corrected chi connectivity index (χ2v) is 5.73. The fourth-order valence-corrected chi connectivity index (χ4v) is 2.14. The zero-order valence-electron chi connectivity index (χ0n) is 8.40. The third kappa shape index (κ3) is 2.18. The van der Waals surface area contributed by atoms with Gasteiger partial charge in [-0.05, 0) is 12.1 Å². The van der Waals surface area contributed by atoms with Crippen molar-refractivity contribution >= 4 is 20.9 Å². The fraction of sp³-hybridized carbons (Fsp3) is 0.300. The number of nitrogens with zero attached hydrogens (tertiary/aromatic N) is 1. The van der Waals surface area contributed by atoms with Gasteiger partial charge >= 0.3 is 0 Å². The first-order valence-electron chi connectivity index (χ1n) is 4.75. The van der Waals surface area contributed by atoms with Crippen LogP contribution in [-0.2, 0) is 15.6 Å². The SMILES string of the molecule is CCS(=O)(=O)Cc1nc2ccccc2[nH]1. The molecule has 0 aliphatic rings. The molecular formula is C10H12N2O2S. The van der Waals surface area contributed by atoms with E-state index in [0.29, 0.717) is 5.82 Å². The molecule has 5 heteroatoms. The van der Waals surface area contributed by atoms with Crippen LogP contribution in [0.3, 0.4) is 0 Å². The molecule has 0 amide bonds. The van der Waals surface area contributed by atoms with Gasteiger partial charge in [-0.1, -0.05) is 19.1 Å². The Kier molecular flexibility index (Phi) is 2.48. The van der Waals surface area contributed by atoms with Gasteiger partial charge in [0.2, 0.25) is 0 Å². The average molecular weight is 224 g/mol. The second-order valence-electron chi connectivity index (χ2n) is 3.38. The van der Waals surface area contributed by atoms with Crippen LogP contribution in [0.25, 0.3) is 11.0 Å². The van der Waals surface area contributed by atoms with Gasteiger partial charge < -0.3 is 4.98 Å². The van der Waals surface area contributed by atoms with Gasteiger partial charge in [-0.25, -0.2) is 13.4 Å². The van der Waals surface area contributed by atoms with Crippen LogP contribution >= 0.6 is 0 Å². The minimum absolute atomic E-state index is 0.0157. The molecule has 4 nitrogen and oxygen atoms in total. The highest BCUT2D eigenvalue weighted by atomic mass is 32.2. The Bertz CT molecular complexity index is 539. The van der Waals surface area contributed by atoms with Crippen molar-refractivity contribution in [2.45, 2.75) is 12.7 Å². The number of rotatable bonds is 3. The van der Waals surface area contributed by atoms with Crippen LogP contribution in [0.2, 0.25) is 0 Å². The quantitative estimate of drug-likeness (QED) is 0.859. The number of aromatic nitrogens is 2. The van der Waals surface area contributed by atoms with Crippen molar-refractivity contribution in [1.29, 1.82) is 0 Å². The summed E-state index contributed by atoms with van der Waals surface area (Å²) in [6.45, 7) is 1.64. The van der Waals surface area contributed by atoms with E-state index in [1.54, 1.807) is 6.92 Å². The molecule has 0 aliphatic carbocycles. The van der Waals surface area contributed by atoms with Crippen molar-refractivity contribution < 1.29 is 8.42 Å². The molecule has 2 rings (SSSR count). The molecule has 15 heavy (non-hydrogen) atoms. The molecule has 0 bridgehead atoms. The summed E-state index contributed by atoms with van der Waals surface area (Å²) in [5.74, 6) is 0.639. The number of hydrogen-bond acceptors (Lipinski definition) is 3. The zero-order valence-corrected chi connectivity index (χ0v) is 9.21. The fourth-order valence-electron chi connectivity index (χ4n) is 1.38. The number of hydrogen-bond donors (Lipinski definition) is 1. The summed E-state index contributed by atoms with van der Waals surface area (Å²) >= 11 is 0. The highest BCUT2D eigenvalue weighted by Gasteiger charge is 2.11. The first-order valence-corrected chi connectivity index (χ1v) is 6.57. The molecule has 0 aliphatic heterocycles. The molecule has 1 N–H and O–H groups in total. The summed E-state index contributed by atoms with van der Waals surface area (Å²) in [6, 6.07) is 7.50. The van der Waals surface area contributed by atoms with Crippen molar-refractivity contribution in [1.82, 2.24) is 9.97 Å². The third-order valence-electron chi connectivity index (χ3n) is 2.23. The van der Waals surface area contributed by atoms with Crippen LogP contribution in [0, 0.1) is 0 Å². The van der Waals surface area contributed by atoms with Gasteiger partial charge in [-0.15, -0.1) is 0 Å². The van der Waals surface area contributed by atoms with Crippen LogP contribution < -0.4 is 0 Å². The lowest BCUT2D eigenvalue weighted by Crippen LogP contribution is -2.07. The summed E-state index contributed by atoms with van der Waals surface area (Å²) in [7, 11) is -3.01. The van der Waals surface area contributed by atoms with Crippen molar-refractivity contribution in [3.63, 3.8) is 0 Å². The summed E-state index contributed by atoms with van der Waals surface area (Å²) < 4.78 is 22.8. The maximum atomic E-state index is 11.4. The predicted octanol–water partition coefficient (Wildman–Crippen LogP) is 1.50. The molecule has 2 aromatic rings. The number of fused-ring (bicyclic) bond motifs is 1. The van der Waals surface area contributed by atoms with Crippen molar-refractivity contribution in [2.75, 3.05) is 5.75 Å². The standard InChI is InChI=1S/C10H12N2O2S/c1-2-15(13,14)7-10-11-8-5-3-4-6-9(8)12-10/h3-6H,2,7H2,1H3,(H,11,12). The molecule has 0 fully saturated rings. The topological polar surface area (TPSA) is 62.8 Å². The molecule has 0 spiro atoms. The predicted molar refractivity (Wildman–Crippen MR) is 59.3 cm³/mol. The van der Waals surface area contributed by atoms with Crippen LogP contribution in [-0.4, -0.2) is 24.1 Å². The minimum Gasteiger partial charge on any atom is -0.341 e. The van der Waals surface area contributed by atoms with Crippen molar-refractivity contribution in [3.8, 4) is 0 Å². The van der Waals surface area contributed by atoms with E-state index < -0.39 is 9.84 Å². The number of H-pyrrole nitrogens is 1. The van der Waals surface area contributed by atoms with Crippen LogP contribution in [0.5, 0.6) is 0 Å². The third-order valence-corrected chi connectivity index (χ3v) is 3.83. The van der Waals surface area contributed by atoms with E-state index in [4.69, 9.17) is 0 Å². The molecule has 1 aromatic carbocycles. The average Bonchev–Trinajstić information content (AvgIpc) is 2.58. The molecule has 0 saturated carbocycles. The van der Waals surface area contributed by atoms with E-state index in [9.17, 15) is 8.42 Å². The minimum atomic E-state index is -3.01. The highest BCUT2D eigenvalue weighted by molar-refractivity contribution is 7.90.